The molecule has 4 rings (SSSR count). The quantitative estimate of drug-likeness (QED) is 0.714. The number of halogens is 1. The van der Waals surface area contributed by atoms with Crippen molar-refractivity contribution < 1.29 is 22.9 Å². The van der Waals surface area contributed by atoms with E-state index in [1.54, 1.807) is 11.0 Å². The van der Waals surface area contributed by atoms with Gasteiger partial charge < -0.3 is 18.6 Å². The zero-order chi connectivity index (χ0) is 18.3. The molecule has 1 aliphatic rings. The normalized spacial score (nSPS) is 18.0. The second kappa shape index (κ2) is 6.53. The Morgan fingerprint density at radius 2 is 2.19 bits per heavy atom. The van der Waals surface area contributed by atoms with Crippen LogP contribution in [0.3, 0.4) is 0 Å². The summed E-state index contributed by atoms with van der Waals surface area (Å²) < 4.78 is 29.7. The van der Waals surface area contributed by atoms with Gasteiger partial charge in [0.2, 0.25) is 5.89 Å². The molecule has 0 spiro atoms. The van der Waals surface area contributed by atoms with Crippen LogP contribution in [0.1, 0.15) is 48.1 Å². The highest BCUT2D eigenvalue weighted by Gasteiger charge is 2.34. The SMILES string of the molecule is CC(C)c1nc([C@H]2COCCN2C(=O)c2cc3cc(F)ccc3o2)no1. The average molecular weight is 359 g/mol. The molecule has 26 heavy (non-hydrogen) atoms. The molecule has 1 aromatic carbocycles. The van der Waals surface area contributed by atoms with Gasteiger partial charge in [-0.2, -0.15) is 4.98 Å². The van der Waals surface area contributed by atoms with Crippen molar-refractivity contribution in [2.75, 3.05) is 19.8 Å². The zero-order valence-electron chi connectivity index (χ0n) is 14.4. The van der Waals surface area contributed by atoms with Crippen molar-refractivity contribution in [1.82, 2.24) is 15.0 Å². The van der Waals surface area contributed by atoms with Crippen molar-refractivity contribution in [3.05, 3.63) is 47.6 Å². The first-order chi connectivity index (χ1) is 12.5. The number of carbonyl (C=O) groups excluding carboxylic acids is 1. The van der Waals surface area contributed by atoms with Gasteiger partial charge in [-0.25, -0.2) is 4.39 Å². The maximum Gasteiger partial charge on any atom is 0.290 e. The maximum absolute atomic E-state index is 13.4. The van der Waals surface area contributed by atoms with Gasteiger partial charge in [0.1, 0.15) is 17.4 Å². The van der Waals surface area contributed by atoms with E-state index < -0.39 is 6.04 Å². The number of hydrogen-bond acceptors (Lipinski definition) is 6. The largest absolute Gasteiger partial charge is 0.451 e. The summed E-state index contributed by atoms with van der Waals surface area (Å²) in [6.45, 7) is 4.96. The van der Waals surface area contributed by atoms with Crippen molar-refractivity contribution in [2.45, 2.75) is 25.8 Å². The second-order valence-corrected chi connectivity index (χ2v) is 6.53. The summed E-state index contributed by atoms with van der Waals surface area (Å²) >= 11 is 0. The van der Waals surface area contributed by atoms with Crippen molar-refractivity contribution in [3.8, 4) is 0 Å². The number of rotatable bonds is 3. The fourth-order valence-corrected chi connectivity index (χ4v) is 2.94. The highest BCUT2D eigenvalue weighted by atomic mass is 19.1. The van der Waals surface area contributed by atoms with Gasteiger partial charge in [0, 0.05) is 17.8 Å². The van der Waals surface area contributed by atoms with Crippen LogP contribution in [0.4, 0.5) is 4.39 Å². The zero-order valence-corrected chi connectivity index (χ0v) is 14.4. The molecule has 0 unspecified atom stereocenters. The molecule has 136 valence electrons. The Morgan fingerprint density at radius 3 is 2.96 bits per heavy atom. The van der Waals surface area contributed by atoms with E-state index in [4.69, 9.17) is 13.7 Å². The summed E-state index contributed by atoms with van der Waals surface area (Å²) in [5, 5.41) is 4.54. The van der Waals surface area contributed by atoms with E-state index in [0.717, 1.165) is 0 Å². The average Bonchev–Trinajstić information content (AvgIpc) is 3.28. The Balaban J connectivity index is 1.64. The van der Waals surface area contributed by atoms with Crippen molar-refractivity contribution >= 4 is 16.9 Å². The molecular formula is C18H18FN3O4. The Bertz CT molecular complexity index is 949. The van der Waals surface area contributed by atoms with Crippen LogP contribution in [0.25, 0.3) is 11.0 Å². The minimum Gasteiger partial charge on any atom is -0.451 e. The predicted octanol–water partition coefficient (Wildman–Crippen LogP) is 3.29. The minimum atomic E-state index is -0.461. The Hall–Kier alpha value is -2.74. The lowest BCUT2D eigenvalue weighted by molar-refractivity contribution is -0.00718. The molecule has 8 heteroatoms. The van der Waals surface area contributed by atoms with E-state index in [2.05, 4.69) is 10.1 Å². The van der Waals surface area contributed by atoms with E-state index in [1.807, 2.05) is 13.8 Å². The molecule has 0 N–H and O–H groups in total. The third kappa shape index (κ3) is 2.96. The number of benzene rings is 1. The van der Waals surface area contributed by atoms with Gasteiger partial charge in [-0.3, -0.25) is 4.79 Å². The van der Waals surface area contributed by atoms with Gasteiger partial charge in [0.15, 0.2) is 11.6 Å². The molecule has 1 saturated heterocycles. The number of hydrogen-bond donors (Lipinski definition) is 0. The first kappa shape index (κ1) is 16.7. The fraction of sp³-hybridized carbons (Fsp3) is 0.389. The molecule has 1 fully saturated rings. The highest BCUT2D eigenvalue weighted by molar-refractivity contribution is 5.96. The van der Waals surface area contributed by atoms with Crippen LogP contribution in [-0.2, 0) is 4.74 Å². The number of furan rings is 1. The van der Waals surface area contributed by atoms with Gasteiger partial charge in [-0.1, -0.05) is 19.0 Å². The van der Waals surface area contributed by atoms with Crippen molar-refractivity contribution in [3.63, 3.8) is 0 Å². The van der Waals surface area contributed by atoms with Crippen LogP contribution in [0.2, 0.25) is 0 Å². The molecule has 1 amide bonds. The summed E-state index contributed by atoms with van der Waals surface area (Å²) in [5.74, 6) is 0.460. The topological polar surface area (TPSA) is 81.6 Å². The van der Waals surface area contributed by atoms with Crippen LogP contribution in [0, 0.1) is 5.82 Å². The first-order valence-electron chi connectivity index (χ1n) is 8.44. The molecule has 3 aromatic rings. The molecule has 3 heterocycles. The number of nitrogens with zero attached hydrogens (tertiary/aromatic N) is 3. The van der Waals surface area contributed by atoms with Gasteiger partial charge >= 0.3 is 0 Å². The number of carbonyl (C=O) groups is 1. The molecule has 0 aliphatic carbocycles. The van der Waals surface area contributed by atoms with E-state index >= 15 is 0 Å². The third-order valence-corrected chi connectivity index (χ3v) is 4.33. The van der Waals surface area contributed by atoms with Crippen molar-refractivity contribution in [2.24, 2.45) is 0 Å². The van der Waals surface area contributed by atoms with E-state index in [-0.39, 0.29) is 30.0 Å². The standard InChI is InChI=1S/C18H18FN3O4/c1-10(2)17-20-16(21-26-17)13-9-24-6-5-22(13)18(23)15-8-11-7-12(19)3-4-14(11)25-15/h3-4,7-8,10,13H,5-6,9H2,1-2H3/t13-/m1/s1. The Labute approximate surface area is 148 Å². The summed E-state index contributed by atoms with van der Waals surface area (Å²) in [6, 6.07) is 5.22. The number of morpholine rings is 1. The molecule has 0 radical (unpaired) electrons. The van der Waals surface area contributed by atoms with Gasteiger partial charge in [-0.05, 0) is 24.3 Å². The van der Waals surface area contributed by atoms with Gasteiger partial charge in [-0.15, -0.1) is 0 Å². The summed E-state index contributed by atoms with van der Waals surface area (Å²) in [7, 11) is 0. The predicted molar refractivity (Wildman–Crippen MR) is 89.2 cm³/mol. The minimum absolute atomic E-state index is 0.0928. The molecule has 1 aliphatic heterocycles. The maximum atomic E-state index is 13.4. The lowest BCUT2D eigenvalue weighted by Gasteiger charge is -2.32. The molecule has 1 atom stereocenters. The van der Waals surface area contributed by atoms with Crippen LogP contribution in [-0.4, -0.2) is 40.7 Å². The summed E-state index contributed by atoms with van der Waals surface area (Å²) in [6.07, 6.45) is 0. The Morgan fingerprint density at radius 1 is 1.35 bits per heavy atom. The lowest BCUT2D eigenvalue weighted by Crippen LogP contribution is -2.43. The first-order valence-corrected chi connectivity index (χ1v) is 8.44. The van der Waals surface area contributed by atoms with Crippen LogP contribution in [0.5, 0.6) is 0 Å². The number of amides is 1. The van der Waals surface area contributed by atoms with Gasteiger partial charge in [0.05, 0.1) is 13.2 Å². The molecule has 0 bridgehead atoms. The Kier molecular flexibility index (Phi) is 4.20. The van der Waals surface area contributed by atoms with Crippen LogP contribution < -0.4 is 0 Å². The smallest absolute Gasteiger partial charge is 0.290 e. The van der Waals surface area contributed by atoms with Crippen LogP contribution >= 0.6 is 0 Å². The van der Waals surface area contributed by atoms with Crippen molar-refractivity contribution in [1.29, 1.82) is 0 Å². The molecular weight excluding hydrogens is 341 g/mol. The summed E-state index contributed by atoms with van der Waals surface area (Å²) in [5.41, 5.74) is 0.459. The fourth-order valence-electron chi connectivity index (χ4n) is 2.94. The number of ether oxygens (including phenoxy) is 1. The van der Waals surface area contributed by atoms with E-state index in [9.17, 15) is 9.18 Å². The number of aromatic nitrogens is 2. The summed E-state index contributed by atoms with van der Waals surface area (Å²) in [4.78, 5) is 19.0. The molecule has 0 saturated carbocycles. The second-order valence-electron chi connectivity index (χ2n) is 6.53. The molecule has 7 nitrogen and oxygen atoms in total. The monoisotopic (exact) mass is 359 g/mol. The molecule has 2 aromatic heterocycles. The number of fused-ring (bicyclic) bond motifs is 1. The van der Waals surface area contributed by atoms with E-state index in [1.165, 1.54) is 18.2 Å². The van der Waals surface area contributed by atoms with E-state index in [0.29, 0.717) is 35.8 Å². The van der Waals surface area contributed by atoms with Crippen LogP contribution in [0.15, 0.2) is 33.2 Å². The third-order valence-electron chi connectivity index (χ3n) is 4.33. The lowest BCUT2D eigenvalue weighted by atomic mass is 10.2. The highest BCUT2D eigenvalue weighted by Crippen LogP contribution is 2.28. The van der Waals surface area contributed by atoms with Gasteiger partial charge in [0.25, 0.3) is 5.91 Å².